The Kier molecular flexibility index (Phi) is 5.36. The van der Waals surface area contributed by atoms with Crippen LogP contribution in [0.25, 0.3) is 0 Å². The summed E-state index contributed by atoms with van der Waals surface area (Å²) in [7, 11) is 0. The zero-order valence-electron chi connectivity index (χ0n) is 12.3. The summed E-state index contributed by atoms with van der Waals surface area (Å²) >= 11 is 0. The van der Waals surface area contributed by atoms with Crippen molar-refractivity contribution in [1.82, 2.24) is 10.2 Å². The third-order valence-corrected chi connectivity index (χ3v) is 3.83. The molecule has 1 N–H and O–H groups in total. The molecule has 0 unspecified atom stereocenters. The van der Waals surface area contributed by atoms with Gasteiger partial charge in [-0.05, 0) is 25.7 Å². The fraction of sp³-hybridized carbons (Fsp3) is 0.667. The number of allylic oxidation sites excluding steroid dienone is 1. The number of nitrogens with zero attached hydrogens (tertiary/aromatic N) is 1. The van der Waals surface area contributed by atoms with Gasteiger partial charge in [0.2, 0.25) is 11.8 Å². The number of fused-ring (bicyclic) bond motifs is 1. The van der Waals surface area contributed by atoms with E-state index in [0.29, 0.717) is 25.8 Å². The van der Waals surface area contributed by atoms with Crippen LogP contribution in [0.15, 0.2) is 12.2 Å². The lowest BCUT2D eigenvalue weighted by molar-refractivity contribution is -0.148. The maximum Gasteiger partial charge on any atom is 0.306 e. The molecule has 2 rings (SSSR count). The van der Waals surface area contributed by atoms with Gasteiger partial charge in [-0.25, -0.2) is 0 Å². The van der Waals surface area contributed by atoms with Crippen molar-refractivity contribution >= 4 is 17.8 Å². The van der Waals surface area contributed by atoms with Crippen molar-refractivity contribution in [2.24, 2.45) is 0 Å². The lowest BCUT2D eigenvalue weighted by atomic mass is 10.1. The van der Waals surface area contributed by atoms with E-state index >= 15 is 0 Å². The zero-order valence-corrected chi connectivity index (χ0v) is 12.3. The highest BCUT2D eigenvalue weighted by Gasteiger charge is 2.33. The molecule has 2 amide bonds. The number of amides is 2. The average molecular weight is 294 g/mol. The van der Waals surface area contributed by atoms with Gasteiger partial charge in [-0.2, -0.15) is 0 Å². The van der Waals surface area contributed by atoms with E-state index in [-0.39, 0.29) is 30.4 Å². The van der Waals surface area contributed by atoms with Gasteiger partial charge in [0.15, 0.2) is 0 Å². The van der Waals surface area contributed by atoms with Crippen molar-refractivity contribution in [3.63, 3.8) is 0 Å². The first-order valence-corrected chi connectivity index (χ1v) is 7.46. The second kappa shape index (κ2) is 7.24. The SMILES string of the molecule is CC(=O)N[C@@H]1CC=CCCC(=O)OC[C@@H]2CCCN2C1=O. The van der Waals surface area contributed by atoms with E-state index in [1.807, 2.05) is 12.2 Å². The quantitative estimate of drug-likeness (QED) is 0.572. The van der Waals surface area contributed by atoms with Crippen LogP contribution in [0, 0.1) is 0 Å². The number of esters is 1. The Morgan fingerprint density at radius 2 is 2.19 bits per heavy atom. The van der Waals surface area contributed by atoms with Crippen LogP contribution < -0.4 is 5.32 Å². The first kappa shape index (κ1) is 15.5. The van der Waals surface area contributed by atoms with Crippen LogP contribution in [0.5, 0.6) is 0 Å². The van der Waals surface area contributed by atoms with Crippen LogP contribution in [0.1, 0.15) is 39.0 Å². The first-order chi connectivity index (χ1) is 10.1. The summed E-state index contributed by atoms with van der Waals surface area (Å²) in [6.07, 6.45) is 6.83. The summed E-state index contributed by atoms with van der Waals surface area (Å²) in [5.41, 5.74) is 0. The molecule has 116 valence electrons. The minimum absolute atomic E-state index is 0.0684. The van der Waals surface area contributed by atoms with Crippen molar-refractivity contribution in [2.45, 2.75) is 51.1 Å². The van der Waals surface area contributed by atoms with E-state index in [9.17, 15) is 14.4 Å². The van der Waals surface area contributed by atoms with E-state index in [0.717, 1.165) is 12.8 Å². The third-order valence-electron chi connectivity index (χ3n) is 3.83. The lowest BCUT2D eigenvalue weighted by Gasteiger charge is -2.28. The highest BCUT2D eigenvalue weighted by Crippen LogP contribution is 2.20. The Hall–Kier alpha value is -1.85. The van der Waals surface area contributed by atoms with Gasteiger partial charge in [-0.3, -0.25) is 14.4 Å². The van der Waals surface area contributed by atoms with E-state index in [4.69, 9.17) is 4.74 Å². The summed E-state index contributed by atoms with van der Waals surface area (Å²) in [5, 5.41) is 2.72. The van der Waals surface area contributed by atoms with Crippen molar-refractivity contribution in [3.8, 4) is 0 Å². The number of hydrogen-bond donors (Lipinski definition) is 1. The molecule has 0 saturated carbocycles. The molecule has 1 saturated heterocycles. The Balaban J connectivity index is 2.14. The fourth-order valence-corrected chi connectivity index (χ4v) is 2.78. The third kappa shape index (κ3) is 4.31. The molecular weight excluding hydrogens is 272 g/mol. The van der Waals surface area contributed by atoms with Crippen LogP contribution in [0.3, 0.4) is 0 Å². The second-order valence-electron chi connectivity index (χ2n) is 5.51. The van der Waals surface area contributed by atoms with Crippen molar-refractivity contribution < 1.29 is 19.1 Å². The largest absolute Gasteiger partial charge is 0.463 e. The number of carbonyl (C=O) groups is 3. The van der Waals surface area contributed by atoms with Gasteiger partial charge in [0.1, 0.15) is 12.6 Å². The van der Waals surface area contributed by atoms with Gasteiger partial charge in [0.05, 0.1) is 6.04 Å². The van der Waals surface area contributed by atoms with E-state index in [1.54, 1.807) is 4.90 Å². The molecule has 2 heterocycles. The smallest absolute Gasteiger partial charge is 0.306 e. The summed E-state index contributed by atoms with van der Waals surface area (Å²) in [4.78, 5) is 37.2. The zero-order chi connectivity index (χ0) is 15.2. The van der Waals surface area contributed by atoms with Gasteiger partial charge in [-0.15, -0.1) is 0 Å². The molecule has 0 aromatic carbocycles. The van der Waals surface area contributed by atoms with Gasteiger partial charge in [0.25, 0.3) is 0 Å². The molecule has 0 bridgehead atoms. The molecule has 0 aliphatic carbocycles. The van der Waals surface area contributed by atoms with Gasteiger partial charge in [-0.1, -0.05) is 12.2 Å². The highest BCUT2D eigenvalue weighted by molar-refractivity contribution is 5.87. The van der Waals surface area contributed by atoms with Crippen LogP contribution in [0.2, 0.25) is 0 Å². The minimum Gasteiger partial charge on any atom is -0.463 e. The number of carbonyl (C=O) groups excluding carboxylic acids is 3. The van der Waals surface area contributed by atoms with Gasteiger partial charge >= 0.3 is 5.97 Å². The van der Waals surface area contributed by atoms with Crippen molar-refractivity contribution in [2.75, 3.05) is 13.2 Å². The Bertz CT molecular complexity index is 447. The van der Waals surface area contributed by atoms with Crippen LogP contribution in [-0.2, 0) is 19.1 Å². The maximum atomic E-state index is 12.6. The molecule has 0 spiro atoms. The van der Waals surface area contributed by atoms with Crippen LogP contribution in [0.4, 0.5) is 0 Å². The molecular formula is C15H22N2O4. The Morgan fingerprint density at radius 3 is 2.95 bits per heavy atom. The highest BCUT2D eigenvalue weighted by atomic mass is 16.5. The molecule has 2 aliphatic rings. The molecule has 2 atom stereocenters. The first-order valence-electron chi connectivity index (χ1n) is 7.46. The molecule has 0 radical (unpaired) electrons. The predicted octanol–water partition coefficient (Wildman–Crippen LogP) is 0.765. The maximum absolute atomic E-state index is 12.6. The Labute approximate surface area is 124 Å². The molecule has 1 fully saturated rings. The second-order valence-corrected chi connectivity index (χ2v) is 5.51. The molecule has 0 aromatic heterocycles. The predicted molar refractivity (Wildman–Crippen MR) is 76.3 cm³/mol. The molecule has 0 aromatic rings. The normalized spacial score (nSPS) is 27.4. The van der Waals surface area contributed by atoms with Crippen LogP contribution >= 0.6 is 0 Å². The minimum atomic E-state index is -0.533. The lowest BCUT2D eigenvalue weighted by Crippen LogP contribution is -2.50. The topological polar surface area (TPSA) is 75.7 Å². The van der Waals surface area contributed by atoms with Crippen molar-refractivity contribution in [3.05, 3.63) is 12.2 Å². The van der Waals surface area contributed by atoms with E-state index in [1.165, 1.54) is 6.92 Å². The standard InChI is InChI=1S/C15H22N2O4/c1-11(18)16-13-7-3-2-4-8-14(19)21-10-12-6-5-9-17(12)15(13)20/h2-3,12-13H,4-10H2,1H3,(H,16,18)/t12-,13+/m0/s1. The summed E-state index contributed by atoms with van der Waals surface area (Å²) in [6, 6.07) is -0.601. The average Bonchev–Trinajstić information content (AvgIpc) is 2.89. The monoisotopic (exact) mass is 294 g/mol. The number of cyclic esters (lactones) is 1. The summed E-state index contributed by atoms with van der Waals surface area (Å²) in [5.74, 6) is -0.525. The van der Waals surface area contributed by atoms with E-state index < -0.39 is 6.04 Å². The number of rotatable bonds is 1. The van der Waals surface area contributed by atoms with Crippen molar-refractivity contribution in [1.29, 1.82) is 0 Å². The fourth-order valence-electron chi connectivity index (χ4n) is 2.78. The van der Waals surface area contributed by atoms with E-state index in [2.05, 4.69) is 5.32 Å². The molecule has 6 nitrogen and oxygen atoms in total. The molecule has 21 heavy (non-hydrogen) atoms. The number of ether oxygens (including phenoxy) is 1. The number of nitrogens with one attached hydrogen (secondary N) is 1. The summed E-state index contributed by atoms with van der Waals surface area (Å²) < 4.78 is 5.24. The molecule has 2 aliphatic heterocycles. The van der Waals surface area contributed by atoms with Gasteiger partial charge < -0.3 is 15.0 Å². The van der Waals surface area contributed by atoms with Gasteiger partial charge in [0, 0.05) is 19.9 Å². The Morgan fingerprint density at radius 1 is 1.38 bits per heavy atom. The van der Waals surface area contributed by atoms with Crippen LogP contribution in [-0.4, -0.2) is 47.9 Å². The number of hydrogen-bond acceptors (Lipinski definition) is 4. The summed E-state index contributed by atoms with van der Waals surface area (Å²) in [6.45, 7) is 2.32. The molecule has 6 heteroatoms.